The van der Waals surface area contributed by atoms with Crippen LogP contribution in [0.2, 0.25) is 0 Å². The monoisotopic (exact) mass is 488 g/mol. The summed E-state index contributed by atoms with van der Waals surface area (Å²) < 4.78 is 0. The molecule has 0 heteroatoms. The van der Waals surface area contributed by atoms with E-state index in [0.717, 1.165) is 0 Å². The lowest BCUT2D eigenvalue weighted by Gasteiger charge is -2.19. The summed E-state index contributed by atoms with van der Waals surface area (Å²) in [6, 6.07) is 32.8. The summed E-state index contributed by atoms with van der Waals surface area (Å²) in [6.45, 7) is 13.3. The van der Waals surface area contributed by atoms with Gasteiger partial charge in [0, 0.05) is 0 Å². The molecule has 0 saturated carbocycles. The van der Waals surface area contributed by atoms with E-state index in [2.05, 4.69) is 126 Å². The summed E-state index contributed by atoms with van der Waals surface area (Å²) >= 11 is 0. The molecule has 38 heavy (non-hydrogen) atoms. The van der Waals surface area contributed by atoms with E-state index < -0.39 is 0 Å². The first-order valence-corrected chi connectivity index (χ1v) is 13.6. The Morgan fingerprint density at radius 3 is 0.974 bits per heavy atom. The highest BCUT2D eigenvalue weighted by Gasteiger charge is 2.18. The lowest BCUT2D eigenvalue weighted by Crippen LogP contribution is -1.93. The third kappa shape index (κ3) is 3.44. The van der Waals surface area contributed by atoms with E-state index in [-0.39, 0.29) is 0 Å². The van der Waals surface area contributed by atoms with Crippen molar-refractivity contribution < 1.29 is 0 Å². The summed E-state index contributed by atoms with van der Waals surface area (Å²) in [7, 11) is 0. The Bertz CT molecular complexity index is 1880. The summed E-state index contributed by atoms with van der Waals surface area (Å²) in [5, 5.41) is 10.9. The minimum Gasteiger partial charge on any atom is -0.0581 e. The summed E-state index contributed by atoms with van der Waals surface area (Å²) in [4.78, 5) is 0. The van der Waals surface area contributed by atoms with Gasteiger partial charge in [-0.15, -0.1) is 0 Å². The van der Waals surface area contributed by atoms with Crippen molar-refractivity contribution in [2.45, 2.75) is 41.5 Å². The van der Waals surface area contributed by atoms with E-state index in [0.29, 0.717) is 0 Å². The van der Waals surface area contributed by atoms with Crippen LogP contribution in [0.1, 0.15) is 33.4 Å². The molecule has 0 saturated heterocycles. The zero-order chi connectivity index (χ0) is 26.3. The number of benzene rings is 7. The van der Waals surface area contributed by atoms with Crippen molar-refractivity contribution in [2.75, 3.05) is 0 Å². The van der Waals surface area contributed by atoms with Crippen molar-refractivity contribution in [3.05, 3.63) is 118 Å². The zero-order valence-electron chi connectivity index (χ0n) is 23.1. The second-order valence-electron chi connectivity index (χ2n) is 11.5. The molecule has 7 rings (SSSR count). The smallest absolute Gasteiger partial charge is 0.00233 e. The third-order valence-corrected chi connectivity index (χ3v) is 8.36. The number of hydrogen-bond acceptors (Lipinski definition) is 0. The molecule has 0 aliphatic rings. The molecule has 0 spiro atoms. The van der Waals surface area contributed by atoms with Gasteiger partial charge in [-0.05, 0) is 142 Å². The molecule has 0 amide bonds. The number of fused-ring (bicyclic) bond motifs is 2. The van der Waals surface area contributed by atoms with Crippen LogP contribution < -0.4 is 0 Å². The molecule has 0 radical (unpaired) electrons. The fourth-order valence-electron chi connectivity index (χ4n) is 6.74. The van der Waals surface area contributed by atoms with Crippen molar-refractivity contribution in [3.8, 4) is 22.3 Å². The van der Waals surface area contributed by atoms with Crippen molar-refractivity contribution in [2.24, 2.45) is 0 Å². The molecule has 7 aromatic rings. The van der Waals surface area contributed by atoms with Crippen molar-refractivity contribution in [3.63, 3.8) is 0 Å². The zero-order valence-corrected chi connectivity index (χ0v) is 23.1. The van der Waals surface area contributed by atoms with E-state index >= 15 is 0 Å². The molecule has 0 N–H and O–H groups in total. The van der Waals surface area contributed by atoms with Gasteiger partial charge < -0.3 is 0 Å². The van der Waals surface area contributed by atoms with Gasteiger partial charge in [-0.2, -0.15) is 0 Å². The molecule has 0 unspecified atom stereocenters. The predicted octanol–water partition coefficient (Wildman–Crippen LogP) is 10.9. The van der Waals surface area contributed by atoms with Crippen LogP contribution >= 0.6 is 0 Å². The van der Waals surface area contributed by atoms with Gasteiger partial charge in [-0.25, -0.2) is 0 Å². The van der Waals surface area contributed by atoms with E-state index in [1.54, 1.807) is 0 Å². The van der Waals surface area contributed by atoms with Crippen molar-refractivity contribution >= 4 is 43.1 Å². The second-order valence-corrected chi connectivity index (χ2v) is 11.5. The van der Waals surface area contributed by atoms with Crippen LogP contribution in [0.3, 0.4) is 0 Å². The molecule has 0 aliphatic carbocycles. The Morgan fingerprint density at radius 2 is 0.605 bits per heavy atom. The molecule has 184 valence electrons. The molecule has 0 aliphatic heterocycles. The van der Waals surface area contributed by atoms with E-state index in [1.165, 1.54) is 98.7 Å². The van der Waals surface area contributed by atoms with Crippen molar-refractivity contribution in [1.29, 1.82) is 0 Å². The van der Waals surface area contributed by atoms with Gasteiger partial charge in [-0.1, -0.05) is 82.9 Å². The Balaban J connectivity index is 1.66. The first kappa shape index (κ1) is 23.0. The average molecular weight is 489 g/mol. The number of aryl methyl sites for hydroxylation is 6. The lowest BCUT2D eigenvalue weighted by molar-refractivity contribution is 1.38. The van der Waals surface area contributed by atoms with Gasteiger partial charge in [0.15, 0.2) is 0 Å². The van der Waals surface area contributed by atoms with Crippen LogP contribution in [0.25, 0.3) is 65.3 Å². The quantitative estimate of drug-likeness (QED) is 0.168. The summed E-state index contributed by atoms with van der Waals surface area (Å²) in [6.07, 6.45) is 0. The molecule has 0 nitrogen and oxygen atoms in total. The molecular weight excluding hydrogens is 456 g/mol. The van der Waals surface area contributed by atoms with E-state index in [9.17, 15) is 0 Å². The third-order valence-electron chi connectivity index (χ3n) is 8.36. The van der Waals surface area contributed by atoms with Gasteiger partial charge >= 0.3 is 0 Å². The second kappa shape index (κ2) is 8.17. The summed E-state index contributed by atoms with van der Waals surface area (Å²) in [5.74, 6) is 0. The first-order chi connectivity index (χ1) is 18.3. The Morgan fingerprint density at radius 1 is 0.289 bits per heavy atom. The number of hydrogen-bond donors (Lipinski definition) is 0. The molecule has 7 aromatic carbocycles. The van der Waals surface area contributed by atoms with Gasteiger partial charge in [-0.3, -0.25) is 0 Å². The molecular formula is C38H32. The summed E-state index contributed by atoms with van der Waals surface area (Å²) in [5.41, 5.74) is 13.1. The van der Waals surface area contributed by atoms with E-state index in [4.69, 9.17) is 0 Å². The minimum absolute atomic E-state index is 1.29. The average Bonchev–Trinajstić information content (AvgIpc) is 2.87. The Labute approximate surface area is 224 Å². The van der Waals surface area contributed by atoms with Gasteiger partial charge in [0.25, 0.3) is 0 Å². The van der Waals surface area contributed by atoms with Gasteiger partial charge in [0.2, 0.25) is 0 Å². The first-order valence-electron chi connectivity index (χ1n) is 13.6. The molecule has 0 aromatic heterocycles. The largest absolute Gasteiger partial charge is 0.0581 e. The van der Waals surface area contributed by atoms with Crippen LogP contribution in [0.5, 0.6) is 0 Å². The van der Waals surface area contributed by atoms with E-state index in [1.807, 2.05) is 0 Å². The lowest BCUT2D eigenvalue weighted by atomic mass is 9.84. The molecule has 0 bridgehead atoms. The van der Waals surface area contributed by atoms with Gasteiger partial charge in [0.1, 0.15) is 0 Å². The SMILES string of the molecule is Cc1cc(C)cc(-c2cc3c(C)ccc4c5cc(-c6cc(C)cc(C)c6)cc6c(C)ccc(c(c2)c34)c65)c1. The normalized spacial score (nSPS) is 11.9. The fraction of sp³-hybridized carbons (Fsp3) is 0.158. The maximum Gasteiger partial charge on any atom is -0.00233 e. The molecule has 0 heterocycles. The highest BCUT2D eigenvalue weighted by atomic mass is 14.2. The van der Waals surface area contributed by atoms with Crippen LogP contribution in [-0.4, -0.2) is 0 Å². The highest BCUT2D eigenvalue weighted by Crippen LogP contribution is 2.45. The van der Waals surface area contributed by atoms with Crippen LogP contribution in [0.15, 0.2) is 84.9 Å². The Hall–Kier alpha value is -4.16. The molecule has 0 atom stereocenters. The van der Waals surface area contributed by atoms with Gasteiger partial charge in [0.05, 0.1) is 0 Å². The predicted molar refractivity (Wildman–Crippen MR) is 167 cm³/mol. The topological polar surface area (TPSA) is 0 Å². The highest BCUT2D eigenvalue weighted by molar-refractivity contribution is 6.34. The van der Waals surface area contributed by atoms with Crippen LogP contribution in [0.4, 0.5) is 0 Å². The van der Waals surface area contributed by atoms with Crippen LogP contribution in [-0.2, 0) is 0 Å². The molecule has 0 fully saturated rings. The van der Waals surface area contributed by atoms with Crippen molar-refractivity contribution in [1.82, 2.24) is 0 Å². The van der Waals surface area contributed by atoms with Crippen LogP contribution in [0, 0.1) is 41.5 Å². The Kier molecular flexibility index (Phi) is 4.94. The number of rotatable bonds is 2. The minimum atomic E-state index is 1.29. The maximum absolute atomic E-state index is 2.43. The fourth-order valence-corrected chi connectivity index (χ4v) is 6.74. The maximum atomic E-state index is 2.43. The standard InChI is InChI=1S/C38H32/c1-21-11-22(2)14-27(13-21)29-17-33-25(5)7-10-32-36-20-30(28-15-23(3)12-24(4)16-28)18-34-26(6)8-9-31(38(34)36)35(19-29)37(32)33/h7-20H,1-6H3.